The summed E-state index contributed by atoms with van der Waals surface area (Å²) >= 11 is 6.08. The topological polar surface area (TPSA) is 61.9 Å². The van der Waals surface area contributed by atoms with Crippen molar-refractivity contribution in [1.82, 2.24) is 14.7 Å². The quantitative estimate of drug-likeness (QED) is 0.345. The molecule has 1 fully saturated rings. The minimum atomic E-state index is -0.0469. The number of rotatable bonds is 6. The van der Waals surface area contributed by atoms with Crippen LogP contribution in [0.4, 0.5) is 0 Å². The Balaban J connectivity index is 1.26. The van der Waals surface area contributed by atoms with E-state index in [1.807, 2.05) is 66.7 Å². The number of piperidine rings is 1. The zero-order valence-corrected chi connectivity index (χ0v) is 20.3. The Morgan fingerprint density at radius 2 is 1.69 bits per heavy atom. The van der Waals surface area contributed by atoms with E-state index in [-0.39, 0.29) is 5.56 Å². The van der Waals surface area contributed by atoms with Gasteiger partial charge in [0, 0.05) is 22.5 Å². The van der Waals surface area contributed by atoms with E-state index in [9.17, 15) is 10.1 Å². The molecule has 0 N–H and O–H groups in total. The second kappa shape index (κ2) is 10.4. The Morgan fingerprint density at radius 3 is 2.43 bits per heavy atom. The summed E-state index contributed by atoms with van der Waals surface area (Å²) in [5.74, 6) is 0.506. The number of hydrogen-bond donors (Lipinski definition) is 0. The van der Waals surface area contributed by atoms with Crippen molar-refractivity contribution in [3.63, 3.8) is 0 Å². The number of halogens is 1. The van der Waals surface area contributed by atoms with Crippen molar-refractivity contribution in [2.75, 3.05) is 19.6 Å². The summed E-state index contributed by atoms with van der Waals surface area (Å²) in [5, 5.41) is 16.2. The van der Waals surface area contributed by atoms with E-state index in [1.165, 1.54) is 5.56 Å². The molecular weight excluding hydrogens is 456 g/mol. The van der Waals surface area contributed by atoms with Gasteiger partial charge in [-0.05, 0) is 80.7 Å². The monoisotopic (exact) mass is 482 g/mol. The molecule has 1 aliphatic rings. The molecule has 4 aromatic rings. The largest absolute Gasteiger partial charge is 0.303 e. The summed E-state index contributed by atoms with van der Waals surface area (Å²) in [6.07, 6.45) is 3.04. The third-order valence-electron chi connectivity index (χ3n) is 6.90. The van der Waals surface area contributed by atoms with Crippen LogP contribution in [0.1, 0.15) is 36.3 Å². The molecule has 1 saturated heterocycles. The first-order valence-corrected chi connectivity index (χ1v) is 12.5. The summed E-state index contributed by atoms with van der Waals surface area (Å²) in [5.41, 5.74) is 3.70. The number of nitriles is 1. The van der Waals surface area contributed by atoms with Crippen LogP contribution >= 0.6 is 11.6 Å². The number of aryl methyl sites for hydroxylation is 1. The smallest absolute Gasteiger partial charge is 0.274 e. The average molecular weight is 483 g/mol. The molecule has 6 heteroatoms. The van der Waals surface area contributed by atoms with Crippen molar-refractivity contribution in [2.24, 2.45) is 0 Å². The van der Waals surface area contributed by atoms with Gasteiger partial charge in [0.2, 0.25) is 0 Å². The summed E-state index contributed by atoms with van der Waals surface area (Å²) in [4.78, 5) is 15.6. The lowest BCUT2D eigenvalue weighted by molar-refractivity contribution is 0.206. The molecule has 35 heavy (non-hydrogen) atoms. The molecule has 3 aromatic carbocycles. The molecule has 1 aliphatic heterocycles. The van der Waals surface area contributed by atoms with Crippen molar-refractivity contribution < 1.29 is 0 Å². The molecule has 0 unspecified atom stereocenters. The number of likely N-dealkylation sites (tertiary alicyclic amines) is 1. The van der Waals surface area contributed by atoms with E-state index >= 15 is 0 Å². The van der Waals surface area contributed by atoms with E-state index in [1.54, 1.807) is 4.68 Å². The van der Waals surface area contributed by atoms with Crippen LogP contribution in [-0.2, 0) is 6.54 Å². The van der Waals surface area contributed by atoms with Gasteiger partial charge < -0.3 is 4.90 Å². The van der Waals surface area contributed by atoms with Gasteiger partial charge in [-0.3, -0.25) is 4.79 Å². The van der Waals surface area contributed by atoms with Gasteiger partial charge in [0.1, 0.15) is 0 Å². The summed E-state index contributed by atoms with van der Waals surface area (Å²) in [6, 6.07) is 25.5. The second-order valence-corrected chi connectivity index (χ2v) is 9.57. The molecule has 176 valence electrons. The molecule has 0 atom stereocenters. The van der Waals surface area contributed by atoms with E-state index in [0.717, 1.165) is 61.1 Å². The first-order chi connectivity index (χ1) is 17.1. The number of nitrogens with zero attached hydrogens (tertiary/aromatic N) is 4. The highest BCUT2D eigenvalue weighted by molar-refractivity contribution is 6.30. The zero-order valence-electron chi connectivity index (χ0n) is 19.5. The Kier molecular flexibility index (Phi) is 6.94. The Hall–Kier alpha value is -3.46. The lowest BCUT2D eigenvalue weighted by atomic mass is 9.88. The molecule has 0 aliphatic carbocycles. The second-order valence-electron chi connectivity index (χ2n) is 9.14. The van der Waals surface area contributed by atoms with E-state index in [0.29, 0.717) is 22.9 Å². The van der Waals surface area contributed by atoms with Gasteiger partial charge in [-0.15, -0.1) is 0 Å². The molecule has 0 bridgehead atoms. The first-order valence-electron chi connectivity index (χ1n) is 12.1. The van der Waals surface area contributed by atoms with Crippen LogP contribution in [0.15, 0.2) is 77.6 Å². The molecule has 0 amide bonds. The molecule has 0 spiro atoms. The lowest BCUT2D eigenvalue weighted by Gasteiger charge is -2.32. The van der Waals surface area contributed by atoms with Gasteiger partial charge in [0.05, 0.1) is 22.7 Å². The van der Waals surface area contributed by atoms with Gasteiger partial charge in [-0.2, -0.15) is 10.4 Å². The van der Waals surface area contributed by atoms with Crippen molar-refractivity contribution >= 4 is 22.4 Å². The average Bonchev–Trinajstić information content (AvgIpc) is 2.91. The third kappa shape index (κ3) is 5.14. The molecule has 0 saturated carbocycles. The molecule has 2 heterocycles. The zero-order chi connectivity index (χ0) is 24.2. The summed E-state index contributed by atoms with van der Waals surface area (Å²) in [7, 11) is 0. The Bertz CT molecular complexity index is 1430. The fraction of sp³-hybridized carbons (Fsp3) is 0.276. The van der Waals surface area contributed by atoms with Crippen LogP contribution in [-0.4, -0.2) is 34.3 Å². The van der Waals surface area contributed by atoms with E-state index < -0.39 is 0 Å². The number of benzene rings is 3. The number of aromatic nitrogens is 2. The fourth-order valence-electron chi connectivity index (χ4n) is 5.00. The molecular formula is C29H27ClN4O. The van der Waals surface area contributed by atoms with Crippen molar-refractivity contribution in [2.45, 2.75) is 31.7 Å². The maximum Gasteiger partial charge on any atom is 0.274 e. The first kappa shape index (κ1) is 23.3. The van der Waals surface area contributed by atoms with Crippen LogP contribution in [0, 0.1) is 11.3 Å². The normalized spacial score (nSPS) is 14.7. The molecule has 5 nitrogen and oxygen atoms in total. The standard InChI is InChI=1S/C29H27ClN4O/c30-25-11-9-23(10-12-25)28-26-7-1-2-8-27(26)29(35)34(32-28)16-4-15-33-17-13-22(14-18-33)24-6-3-5-21(19-24)20-31/h1-3,5-12,19,22H,4,13-18H2. The van der Waals surface area contributed by atoms with E-state index in [4.69, 9.17) is 16.7 Å². The third-order valence-corrected chi connectivity index (χ3v) is 7.16. The van der Waals surface area contributed by atoms with Gasteiger partial charge in [0.15, 0.2) is 0 Å². The van der Waals surface area contributed by atoms with Crippen LogP contribution in [0.2, 0.25) is 5.02 Å². The SMILES string of the molecule is N#Cc1cccc(C2CCN(CCCn3nc(-c4ccc(Cl)cc4)c4ccccc4c3=O)CC2)c1. The van der Waals surface area contributed by atoms with Crippen molar-refractivity contribution in [1.29, 1.82) is 5.26 Å². The Morgan fingerprint density at radius 1 is 0.943 bits per heavy atom. The van der Waals surface area contributed by atoms with Gasteiger partial charge in [-0.25, -0.2) is 4.68 Å². The number of hydrogen-bond acceptors (Lipinski definition) is 4. The number of fused-ring (bicyclic) bond motifs is 1. The lowest BCUT2D eigenvalue weighted by Crippen LogP contribution is -2.34. The van der Waals surface area contributed by atoms with Gasteiger partial charge in [-0.1, -0.05) is 54.1 Å². The van der Waals surface area contributed by atoms with Crippen molar-refractivity contribution in [3.8, 4) is 17.3 Å². The van der Waals surface area contributed by atoms with Gasteiger partial charge in [0.25, 0.3) is 5.56 Å². The van der Waals surface area contributed by atoms with Gasteiger partial charge >= 0.3 is 0 Å². The molecule has 0 radical (unpaired) electrons. The van der Waals surface area contributed by atoms with Crippen LogP contribution in [0.25, 0.3) is 22.0 Å². The highest BCUT2D eigenvalue weighted by atomic mass is 35.5. The maximum atomic E-state index is 13.1. The van der Waals surface area contributed by atoms with Crippen molar-refractivity contribution in [3.05, 3.63) is 99.3 Å². The predicted molar refractivity (Wildman–Crippen MR) is 141 cm³/mol. The fourth-order valence-corrected chi connectivity index (χ4v) is 5.13. The van der Waals surface area contributed by atoms with Crippen LogP contribution < -0.4 is 5.56 Å². The predicted octanol–water partition coefficient (Wildman–Crippen LogP) is 5.86. The summed E-state index contributed by atoms with van der Waals surface area (Å²) < 4.78 is 1.62. The highest BCUT2D eigenvalue weighted by Gasteiger charge is 2.21. The summed E-state index contributed by atoms with van der Waals surface area (Å²) in [6.45, 7) is 3.56. The highest BCUT2D eigenvalue weighted by Crippen LogP contribution is 2.29. The molecule has 5 rings (SSSR count). The van der Waals surface area contributed by atoms with E-state index in [2.05, 4.69) is 17.0 Å². The minimum Gasteiger partial charge on any atom is -0.303 e. The maximum absolute atomic E-state index is 13.1. The Labute approximate surface area is 210 Å². The molecule has 1 aromatic heterocycles. The van der Waals surface area contributed by atoms with Crippen LogP contribution in [0.3, 0.4) is 0 Å². The van der Waals surface area contributed by atoms with Crippen LogP contribution in [0.5, 0.6) is 0 Å². The minimum absolute atomic E-state index is 0.0469.